The molecule has 4 heterocycles. The molecule has 7 heteroatoms. The van der Waals surface area contributed by atoms with Gasteiger partial charge in [0.2, 0.25) is 0 Å². The van der Waals surface area contributed by atoms with Crippen molar-refractivity contribution in [2.24, 2.45) is 5.92 Å². The van der Waals surface area contributed by atoms with E-state index in [4.69, 9.17) is 4.42 Å². The smallest absolute Gasteiger partial charge is 0.261 e. The van der Waals surface area contributed by atoms with E-state index in [1.165, 1.54) is 37.8 Å². The molecule has 136 valence electrons. The van der Waals surface area contributed by atoms with E-state index in [1.807, 2.05) is 24.3 Å². The quantitative estimate of drug-likeness (QED) is 0.815. The van der Waals surface area contributed by atoms with Crippen LogP contribution in [0.5, 0.6) is 0 Å². The van der Waals surface area contributed by atoms with Gasteiger partial charge in [0.25, 0.3) is 11.1 Å². The van der Waals surface area contributed by atoms with Gasteiger partial charge in [-0.25, -0.2) is 4.98 Å². The van der Waals surface area contributed by atoms with Gasteiger partial charge in [-0.15, -0.1) is 0 Å². The van der Waals surface area contributed by atoms with Gasteiger partial charge in [-0.1, -0.05) is 0 Å². The minimum Gasteiger partial charge on any atom is -0.439 e. The van der Waals surface area contributed by atoms with Crippen molar-refractivity contribution in [3.8, 4) is 0 Å². The zero-order chi connectivity index (χ0) is 18.1. The summed E-state index contributed by atoms with van der Waals surface area (Å²) in [6.07, 6.45) is 3.72. The van der Waals surface area contributed by atoms with E-state index in [0.717, 1.165) is 24.5 Å². The van der Waals surface area contributed by atoms with Crippen LogP contribution in [0.25, 0.3) is 0 Å². The van der Waals surface area contributed by atoms with Crippen molar-refractivity contribution in [2.75, 3.05) is 19.6 Å². The standard InChI is InChI=1S/C19H21N3O3S/c1-12(23)17-11-25-19(21-17)26-15-4-2-14(3-5-15)18(24)20-16-10-22-8-6-13(16)7-9-22/h2-5,11,13,16H,6-10H2,1H3,(H,20,24)/t16-/m0/s1. The molecule has 2 aromatic rings. The van der Waals surface area contributed by atoms with Crippen LogP contribution < -0.4 is 5.32 Å². The Morgan fingerprint density at radius 1 is 1.23 bits per heavy atom. The molecule has 2 bridgehead atoms. The number of hydrogen-bond donors (Lipinski definition) is 1. The second-order valence-electron chi connectivity index (χ2n) is 6.90. The van der Waals surface area contributed by atoms with Crippen LogP contribution in [-0.2, 0) is 0 Å². The third-order valence-electron chi connectivity index (χ3n) is 5.14. The summed E-state index contributed by atoms with van der Waals surface area (Å²) in [4.78, 5) is 31.3. The van der Waals surface area contributed by atoms with Crippen LogP contribution in [-0.4, -0.2) is 47.3 Å². The molecule has 3 aliphatic heterocycles. The maximum Gasteiger partial charge on any atom is 0.261 e. The number of carbonyl (C=O) groups excluding carboxylic acids is 2. The van der Waals surface area contributed by atoms with Crippen molar-refractivity contribution in [3.05, 3.63) is 41.8 Å². The third kappa shape index (κ3) is 3.68. The molecule has 26 heavy (non-hydrogen) atoms. The number of aromatic nitrogens is 1. The minimum atomic E-state index is -0.125. The fourth-order valence-electron chi connectivity index (χ4n) is 3.62. The van der Waals surface area contributed by atoms with Gasteiger partial charge in [0.1, 0.15) is 12.0 Å². The molecule has 0 radical (unpaired) electrons. The number of Topliss-reactive ketones (excluding diaryl/α,β-unsaturated/α-hetero) is 1. The number of nitrogens with zero attached hydrogens (tertiary/aromatic N) is 2. The van der Waals surface area contributed by atoms with E-state index in [9.17, 15) is 9.59 Å². The molecule has 0 aliphatic carbocycles. The molecule has 1 aromatic heterocycles. The summed E-state index contributed by atoms with van der Waals surface area (Å²) in [7, 11) is 0. The second kappa shape index (κ2) is 7.25. The van der Waals surface area contributed by atoms with E-state index < -0.39 is 0 Å². The third-order valence-corrected chi connectivity index (χ3v) is 6.01. The van der Waals surface area contributed by atoms with E-state index in [0.29, 0.717) is 22.4 Å². The van der Waals surface area contributed by atoms with Crippen LogP contribution in [0.1, 0.15) is 40.6 Å². The molecule has 0 spiro atoms. The van der Waals surface area contributed by atoms with Gasteiger partial charge < -0.3 is 14.6 Å². The number of benzene rings is 1. The molecule has 3 fully saturated rings. The number of nitrogens with one attached hydrogen (secondary N) is 1. The molecule has 1 amide bonds. The average Bonchev–Trinajstić information content (AvgIpc) is 3.12. The van der Waals surface area contributed by atoms with Crippen molar-refractivity contribution < 1.29 is 14.0 Å². The maximum atomic E-state index is 12.5. The van der Waals surface area contributed by atoms with Gasteiger partial charge in [0, 0.05) is 30.0 Å². The summed E-state index contributed by atoms with van der Waals surface area (Å²) >= 11 is 1.32. The Morgan fingerprint density at radius 3 is 2.54 bits per heavy atom. The van der Waals surface area contributed by atoms with Gasteiger partial charge in [-0.3, -0.25) is 9.59 Å². The predicted molar refractivity (Wildman–Crippen MR) is 97.5 cm³/mol. The van der Waals surface area contributed by atoms with E-state index in [-0.39, 0.29) is 17.7 Å². The largest absolute Gasteiger partial charge is 0.439 e. The highest BCUT2D eigenvalue weighted by Gasteiger charge is 2.34. The van der Waals surface area contributed by atoms with Gasteiger partial charge in [-0.05, 0) is 67.9 Å². The van der Waals surface area contributed by atoms with Crippen LogP contribution in [0, 0.1) is 5.92 Å². The predicted octanol–water partition coefficient (Wildman–Crippen LogP) is 2.85. The summed E-state index contributed by atoms with van der Waals surface area (Å²) in [6, 6.07) is 7.62. The Kier molecular flexibility index (Phi) is 4.82. The van der Waals surface area contributed by atoms with E-state index >= 15 is 0 Å². The molecule has 1 aromatic carbocycles. The topological polar surface area (TPSA) is 75.4 Å². The lowest BCUT2D eigenvalue weighted by Crippen LogP contribution is -2.57. The number of carbonyl (C=O) groups is 2. The Hall–Kier alpha value is -2.12. The molecule has 1 atom stereocenters. The maximum absolute atomic E-state index is 12.5. The fourth-order valence-corrected chi connectivity index (χ4v) is 4.34. The Labute approximate surface area is 156 Å². The molecule has 0 unspecified atom stereocenters. The first-order valence-corrected chi connectivity index (χ1v) is 9.68. The van der Waals surface area contributed by atoms with Crippen molar-refractivity contribution in [1.82, 2.24) is 15.2 Å². The van der Waals surface area contributed by atoms with Crippen molar-refractivity contribution >= 4 is 23.5 Å². The zero-order valence-electron chi connectivity index (χ0n) is 14.6. The summed E-state index contributed by atoms with van der Waals surface area (Å²) < 4.78 is 5.28. The fraction of sp³-hybridized carbons (Fsp3) is 0.421. The normalized spacial score (nSPS) is 24.4. The Morgan fingerprint density at radius 2 is 1.96 bits per heavy atom. The molecule has 3 saturated heterocycles. The number of fused-ring (bicyclic) bond motifs is 3. The Balaban J connectivity index is 1.37. The van der Waals surface area contributed by atoms with Crippen LogP contribution in [0.3, 0.4) is 0 Å². The first-order valence-electron chi connectivity index (χ1n) is 8.86. The van der Waals surface area contributed by atoms with Gasteiger partial charge in [0.15, 0.2) is 5.78 Å². The van der Waals surface area contributed by atoms with Gasteiger partial charge in [-0.2, -0.15) is 0 Å². The molecular formula is C19H21N3O3S. The summed E-state index contributed by atoms with van der Waals surface area (Å²) in [6.45, 7) is 4.74. The van der Waals surface area contributed by atoms with E-state index in [2.05, 4.69) is 15.2 Å². The second-order valence-corrected chi connectivity index (χ2v) is 7.92. The van der Waals surface area contributed by atoms with Crippen molar-refractivity contribution in [2.45, 2.75) is 35.9 Å². The first kappa shape index (κ1) is 17.3. The average molecular weight is 371 g/mol. The lowest BCUT2D eigenvalue weighted by atomic mass is 9.84. The number of rotatable bonds is 5. The lowest BCUT2D eigenvalue weighted by molar-refractivity contribution is 0.0620. The van der Waals surface area contributed by atoms with Crippen LogP contribution in [0.4, 0.5) is 0 Å². The molecule has 6 nitrogen and oxygen atoms in total. The number of oxazole rings is 1. The Bertz CT molecular complexity index is 810. The SMILES string of the molecule is CC(=O)c1coc(Sc2ccc(C(=O)N[C@H]3CN4CCC3CC4)cc2)n1. The molecule has 5 rings (SSSR count). The van der Waals surface area contributed by atoms with Crippen LogP contribution >= 0.6 is 11.8 Å². The molecule has 1 N–H and O–H groups in total. The summed E-state index contributed by atoms with van der Waals surface area (Å²) in [5.74, 6) is 0.468. The van der Waals surface area contributed by atoms with Crippen molar-refractivity contribution in [1.29, 1.82) is 0 Å². The number of hydrogen-bond acceptors (Lipinski definition) is 6. The minimum absolute atomic E-state index is 0.0183. The molecule has 3 aliphatic rings. The van der Waals surface area contributed by atoms with Crippen molar-refractivity contribution in [3.63, 3.8) is 0 Å². The van der Waals surface area contributed by atoms with Gasteiger partial charge in [0.05, 0.1) is 0 Å². The summed E-state index contributed by atoms with van der Waals surface area (Å²) in [5.41, 5.74) is 0.976. The van der Waals surface area contributed by atoms with Gasteiger partial charge >= 0.3 is 0 Å². The number of piperidine rings is 3. The molecule has 0 saturated carbocycles. The van der Waals surface area contributed by atoms with E-state index in [1.54, 1.807) is 0 Å². The number of amides is 1. The van der Waals surface area contributed by atoms with Crippen LogP contribution in [0.2, 0.25) is 0 Å². The monoisotopic (exact) mass is 371 g/mol. The summed E-state index contributed by atoms with van der Waals surface area (Å²) in [5, 5.41) is 3.61. The number of ketones is 1. The highest BCUT2D eigenvalue weighted by Crippen LogP contribution is 2.29. The molecular weight excluding hydrogens is 350 g/mol. The highest BCUT2D eigenvalue weighted by molar-refractivity contribution is 7.99. The zero-order valence-corrected chi connectivity index (χ0v) is 15.4. The lowest BCUT2D eigenvalue weighted by Gasteiger charge is -2.44. The highest BCUT2D eigenvalue weighted by atomic mass is 32.2. The first-order chi connectivity index (χ1) is 12.6. The van der Waals surface area contributed by atoms with Crippen LogP contribution in [0.15, 0.2) is 45.1 Å².